The maximum atomic E-state index is 5.71. The van der Waals surface area contributed by atoms with E-state index in [2.05, 4.69) is 15.4 Å². The number of rotatable bonds is 6. The van der Waals surface area contributed by atoms with Crippen LogP contribution in [-0.2, 0) is 11.3 Å². The molecule has 1 heterocycles. The Hall–Kier alpha value is -1.40. The number of nitrogen functional groups attached to an aromatic ring is 1. The molecule has 6 heteroatoms. The van der Waals surface area contributed by atoms with Crippen molar-refractivity contribution in [1.82, 2.24) is 9.97 Å². The summed E-state index contributed by atoms with van der Waals surface area (Å²) in [6, 6.07) is 1.70. The van der Waals surface area contributed by atoms with Gasteiger partial charge in [-0.15, -0.1) is 0 Å². The molecule has 0 aliphatic heterocycles. The van der Waals surface area contributed by atoms with Crippen LogP contribution in [0.5, 0.6) is 5.88 Å². The van der Waals surface area contributed by atoms with E-state index in [1.807, 2.05) is 6.92 Å². The van der Waals surface area contributed by atoms with Crippen LogP contribution in [0.15, 0.2) is 6.07 Å². The molecular formula is C11H18N4O2. The zero-order valence-corrected chi connectivity index (χ0v) is 9.98. The highest BCUT2D eigenvalue weighted by atomic mass is 16.5. The minimum Gasteiger partial charge on any atom is -0.474 e. The molecule has 0 amide bonds. The molecule has 0 unspecified atom stereocenters. The summed E-state index contributed by atoms with van der Waals surface area (Å²) in [5, 5.41) is 0. The Morgan fingerprint density at radius 3 is 2.88 bits per heavy atom. The van der Waals surface area contributed by atoms with Crippen LogP contribution in [0, 0.1) is 0 Å². The van der Waals surface area contributed by atoms with E-state index >= 15 is 0 Å². The predicted octanol–water partition coefficient (Wildman–Crippen LogP) is 1.23. The molecular weight excluding hydrogens is 220 g/mol. The lowest BCUT2D eigenvalue weighted by atomic mass is 9.96. The van der Waals surface area contributed by atoms with Crippen LogP contribution in [0.2, 0.25) is 0 Å². The molecule has 0 spiro atoms. The summed E-state index contributed by atoms with van der Waals surface area (Å²) < 4.78 is 11.0. The monoisotopic (exact) mass is 238 g/mol. The van der Waals surface area contributed by atoms with Gasteiger partial charge in [0, 0.05) is 12.7 Å². The first-order chi connectivity index (χ1) is 8.31. The van der Waals surface area contributed by atoms with Gasteiger partial charge in [-0.25, -0.2) is 10.8 Å². The maximum absolute atomic E-state index is 5.71. The largest absolute Gasteiger partial charge is 0.474 e. The molecule has 1 saturated carbocycles. The van der Waals surface area contributed by atoms with Gasteiger partial charge in [-0.1, -0.05) is 0 Å². The molecule has 0 saturated heterocycles. The third-order valence-electron chi connectivity index (χ3n) is 2.67. The molecule has 6 nitrogen and oxygen atoms in total. The first-order valence-corrected chi connectivity index (χ1v) is 5.90. The number of nitrogens with zero attached hydrogens (tertiary/aromatic N) is 2. The van der Waals surface area contributed by atoms with E-state index in [1.165, 1.54) is 6.42 Å². The summed E-state index contributed by atoms with van der Waals surface area (Å²) in [5.74, 6) is 7.04. The van der Waals surface area contributed by atoms with Crippen molar-refractivity contribution in [2.45, 2.75) is 38.9 Å². The smallest absolute Gasteiger partial charge is 0.219 e. The van der Waals surface area contributed by atoms with Crippen LogP contribution in [-0.4, -0.2) is 22.7 Å². The van der Waals surface area contributed by atoms with Crippen molar-refractivity contribution < 1.29 is 9.47 Å². The van der Waals surface area contributed by atoms with Gasteiger partial charge in [0.15, 0.2) is 5.82 Å². The number of anilines is 1. The van der Waals surface area contributed by atoms with Gasteiger partial charge in [-0.2, -0.15) is 4.98 Å². The summed E-state index contributed by atoms with van der Waals surface area (Å²) in [5.41, 5.74) is 2.51. The minimum atomic E-state index is 0.287. The van der Waals surface area contributed by atoms with Gasteiger partial charge in [-0.3, -0.25) is 0 Å². The molecule has 1 aromatic rings. The Labute approximate surface area is 101 Å². The van der Waals surface area contributed by atoms with E-state index in [-0.39, 0.29) is 6.10 Å². The predicted molar refractivity (Wildman–Crippen MR) is 63.4 cm³/mol. The third kappa shape index (κ3) is 3.28. The van der Waals surface area contributed by atoms with Crippen molar-refractivity contribution >= 4 is 5.82 Å². The van der Waals surface area contributed by atoms with Crippen molar-refractivity contribution in [1.29, 1.82) is 0 Å². The lowest BCUT2D eigenvalue weighted by molar-refractivity contribution is 0.109. The van der Waals surface area contributed by atoms with Gasteiger partial charge in [0.1, 0.15) is 18.5 Å². The normalized spacial score (nSPS) is 15.4. The van der Waals surface area contributed by atoms with Gasteiger partial charge in [0.2, 0.25) is 5.88 Å². The number of aromatic nitrogens is 2. The highest BCUT2D eigenvalue weighted by molar-refractivity contribution is 5.37. The fraction of sp³-hybridized carbons (Fsp3) is 0.636. The van der Waals surface area contributed by atoms with Gasteiger partial charge >= 0.3 is 0 Å². The maximum Gasteiger partial charge on any atom is 0.219 e. The number of hydrogen-bond acceptors (Lipinski definition) is 6. The third-order valence-corrected chi connectivity index (χ3v) is 2.67. The fourth-order valence-electron chi connectivity index (χ4n) is 1.52. The van der Waals surface area contributed by atoms with E-state index in [4.69, 9.17) is 15.3 Å². The van der Waals surface area contributed by atoms with Crippen LogP contribution < -0.4 is 16.0 Å². The second kappa shape index (κ2) is 5.79. The summed E-state index contributed by atoms with van der Waals surface area (Å²) >= 11 is 0. The molecule has 1 aliphatic carbocycles. The van der Waals surface area contributed by atoms with Crippen molar-refractivity contribution in [2.75, 3.05) is 12.0 Å². The Bertz CT molecular complexity index is 368. The van der Waals surface area contributed by atoms with Crippen molar-refractivity contribution in [3.63, 3.8) is 0 Å². The molecule has 1 aromatic heterocycles. The zero-order valence-electron chi connectivity index (χ0n) is 9.98. The van der Waals surface area contributed by atoms with Crippen LogP contribution >= 0.6 is 0 Å². The van der Waals surface area contributed by atoms with Gasteiger partial charge < -0.3 is 14.9 Å². The second-order valence-electron chi connectivity index (χ2n) is 3.96. The Kier molecular flexibility index (Phi) is 4.11. The molecule has 3 N–H and O–H groups in total. The van der Waals surface area contributed by atoms with Crippen molar-refractivity contribution in [3.05, 3.63) is 11.9 Å². The standard InChI is InChI=1S/C11H18N4O2/c1-2-16-7-10-13-9(15-12)6-11(14-10)17-8-4-3-5-8/h6,8H,2-5,7,12H2,1H3,(H,13,14,15). The lowest BCUT2D eigenvalue weighted by Crippen LogP contribution is -2.25. The number of hydrogen-bond donors (Lipinski definition) is 2. The molecule has 1 aliphatic rings. The average Bonchev–Trinajstić information content (AvgIpc) is 2.31. The van der Waals surface area contributed by atoms with E-state index in [9.17, 15) is 0 Å². The molecule has 2 rings (SSSR count). The van der Waals surface area contributed by atoms with Gasteiger partial charge in [0.25, 0.3) is 0 Å². The number of ether oxygens (including phenoxy) is 2. The Balaban J connectivity index is 2.06. The SMILES string of the molecule is CCOCc1nc(NN)cc(OC2CCC2)n1. The molecule has 0 radical (unpaired) electrons. The Morgan fingerprint density at radius 2 is 2.29 bits per heavy atom. The summed E-state index contributed by atoms with van der Waals surface area (Å²) in [7, 11) is 0. The number of hydrazine groups is 1. The van der Waals surface area contributed by atoms with Crippen LogP contribution in [0.4, 0.5) is 5.82 Å². The summed E-state index contributed by atoms with van der Waals surface area (Å²) in [6.07, 6.45) is 3.70. The topological polar surface area (TPSA) is 82.3 Å². The first-order valence-electron chi connectivity index (χ1n) is 5.90. The highest BCUT2D eigenvalue weighted by Gasteiger charge is 2.20. The summed E-state index contributed by atoms with van der Waals surface area (Å²) in [6.45, 7) is 2.92. The van der Waals surface area contributed by atoms with E-state index in [0.29, 0.717) is 30.7 Å². The van der Waals surface area contributed by atoms with E-state index < -0.39 is 0 Å². The van der Waals surface area contributed by atoms with E-state index in [1.54, 1.807) is 6.07 Å². The number of nitrogens with one attached hydrogen (secondary N) is 1. The molecule has 0 bridgehead atoms. The zero-order chi connectivity index (χ0) is 12.1. The molecule has 0 atom stereocenters. The second-order valence-corrected chi connectivity index (χ2v) is 3.96. The Morgan fingerprint density at radius 1 is 1.47 bits per heavy atom. The molecule has 17 heavy (non-hydrogen) atoms. The van der Waals surface area contributed by atoms with Crippen LogP contribution in [0.3, 0.4) is 0 Å². The molecule has 0 aromatic carbocycles. The summed E-state index contributed by atoms with van der Waals surface area (Å²) in [4.78, 5) is 8.48. The molecule has 1 fully saturated rings. The van der Waals surface area contributed by atoms with Crippen molar-refractivity contribution in [2.24, 2.45) is 5.84 Å². The first kappa shape index (κ1) is 12.1. The highest BCUT2D eigenvalue weighted by Crippen LogP contribution is 2.25. The quantitative estimate of drug-likeness (QED) is 0.573. The average molecular weight is 238 g/mol. The number of nitrogens with two attached hydrogens (primary N) is 1. The van der Waals surface area contributed by atoms with Crippen LogP contribution in [0.1, 0.15) is 32.0 Å². The van der Waals surface area contributed by atoms with Gasteiger partial charge in [0.05, 0.1) is 0 Å². The fourth-order valence-corrected chi connectivity index (χ4v) is 1.52. The lowest BCUT2D eigenvalue weighted by Gasteiger charge is -2.25. The van der Waals surface area contributed by atoms with Crippen LogP contribution in [0.25, 0.3) is 0 Å². The van der Waals surface area contributed by atoms with E-state index in [0.717, 1.165) is 12.8 Å². The minimum absolute atomic E-state index is 0.287. The van der Waals surface area contributed by atoms with Gasteiger partial charge in [-0.05, 0) is 26.2 Å². The van der Waals surface area contributed by atoms with Crippen molar-refractivity contribution in [3.8, 4) is 5.88 Å². The molecule has 94 valence electrons.